The Balaban J connectivity index is 1.94. The van der Waals surface area contributed by atoms with E-state index in [0.29, 0.717) is 11.9 Å². The molecule has 0 saturated carbocycles. The number of likely N-dealkylation sites (tertiary alicyclic amines) is 1. The van der Waals surface area contributed by atoms with Crippen LogP contribution in [-0.2, 0) is 0 Å². The quantitative estimate of drug-likeness (QED) is 0.688. The standard InChI is InChI=1S/C9H14N4/c1-13-5-7(6-13)11-9-4-2-3-8(10)12-9/h2-4,7H,5-6H2,1H3,(H3,10,11,12). The highest BCUT2D eigenvalue weighted by Crippen LogP contribution is 2.12. The van der Waals surface area contributed by atoms with Gasteiger partial charge in [0.25, 0.3) is 0 Å². The van der Waals surface area contributed by atoms with E-state index in [-0.39, 0.29) is 0 Å². The summed E-state index contributed by atoms with van der Waals surface area (Å²) >= 11 is 0. The highest BCUT2D eigenvalue weighted by atomic mass is 15.2. The molecule has 1 fully saturated rings. The van der Waals surface area contributed by atoms with E-state index in [0.717, 1.165) is 18.9 Å². The maximum atomic E-state index is 5.56. The van der Waals surface area contributed by atoms with Gasteiger partial charge in [-0.05, 0) is 19.2 Å². The minimum Gasteiger partial charge on any atom is -0.384 e. The Morgan fingerprint density at radius 3 is 2.92 bits per heavy atom. The second-order valence-corrected chi connectivity index (χ2v) is 3.51. The van der Waals surface area contributed by atoms with Crippen LogP contribution in [0, 0.1) is 0 Å². The molecule has 0 unspecified atom stereocenters. The summed E-state index contributed by atoms with van der Waals surface area (Å²) in [6, 6.07) is 6.17. The second kappa shape index (κ2) is 3.22. The molecule has 1 saturated heterocycles. The first-order valence-electron chi connectivity index (χ1n) is 4.41. The average molecular weight is 178 g/mol. The van der Waals surface area contributed by atoms with Crippen molar-refractivity contribution in [3.63, 3.8) is 0 Å². The molecule has 4 nitrogen and oxygen atoms in total. The Kier molecular flexibility index (Phi) is 2.06. The number of likely N-dealkylation sites (N-methyl/N-ethyl adjacent to an activating group) is 1. The molecule has 1 aromatic rings. The molecule has 3 N–H and O–H groups in total. The van der Waals surface area contributed by atoms with E-state index in [1.165, 1.54) is 0 Å². The van der Waals surface area contributed by atoms with Gasteiger partial charge in [-0.15, -0.1) is 0 Å². The van der Waals surface area contributed by atoms with Gasteiger partial charge in [-0.1, -0.05) is 6.07 Å². The summed E-state index contributed by atoms with van der Waals surface area (Å²) in [6.45, 7) is 2.16. The van der Waals surface area contributed by atoms with Crippen molar-refractivity contribution in [2.24, 2.45) is 0 Å². The van der Waals surface area contributed by atoms with Crippen molar-refractivity contribution in [1.29, 1.82) is 0 Å². The summed E-state index contributed by atoms with van der Waals surface area (Å²) in [4.78, 5) is 6.42. The molecule has 0 aromatic carbocycles. The molecule has 0 amide bonds. The molecule has 0 radical (unpaired) electrons. The molecule has 1 aliphatic rings. The van der Waals surface area contributed by atoms with E-state index in [1.807, 2.05) is 12.1 Å². The number of rotatable bonds is 2. The van der Waals surface area contributed by atoms with Crippen molar-refractivity contribution in [3.05, 3.63) is 18.2 Å². The summed E-state index contributed by atoms with van der Waals surface area (Å²) < 4.78 is 0. The van der Waals surface area contributed by atoms with Crippen molar-refractivity contribution >= 4 is 11.6 Å². The van der Waals surface area contributed by atoms with Crippen molar-refractivity contribution in [2.75, 3.05) is 31.2 Å². The van der Waals surface area contributed by atoms with Gasteiger partial charge < -0.3 is 16.0 Å². The van der Waals surface area contributed by atoms with Crippen LogP contribution in [0.15, 0.2) is 18.2 Å². The molecule has 0 bridgehead atoms. The number of aromatic nitrogens is 1. The lowest BCUT2D eigenvalue weighted by Gasteiger charge is -2.36. The largest absolute Gasteiger partial charge is 0.384 e. The maximum absolute atomic E-state index is 5.56. The van der Waals surface area contributed by atoms with Gasteiger partial charge in [-0.2, -0.15) is 0 Å². The zero-order chi connectivity index (χ0) is 9.26. The fourth-order valence-corrected chi connectivity index (χ4v) is 1.53. The third-order valence-corrected chi connectivity index (χ3v) is 2.19. The van der Waals surface area contributed by atoms with Crippen molar-refractivity contribution < 1.29 is 0 Å². The Morgan fingerprint density at radius 1 is 1.54 bits per heavy atom. The van der Waals surface area contributed by atoms with Gasteiger partial charge in [0.1, 0.15) is 11.6 Å². The van der Waals surface area contributed by atoms with E-state index in [2.05, 4.69) is 22.2 Å². The summed E-state index contributed by atoms with van der Waals surface area (Å²) in [5.41, 5.74) is 5.56. The van der Waals surface area contributed by atoms with Crippen LogP contribution in [0.25, 0.3) is 0 Å². The zero-order valence-electron chi connectivity index (χ0n) is 7.70. The lowest BCUT2D eigenvalue weighted by molar-refractivity contribution is 0.205. The maximum Gasteiger partial charge on any atom is 0.128 e. The topological polar surface area (TPSA) is 54.2 Å². The van der Waals surface area contributed by atoms with Crippen molar-refractivity contribution in [2.45, 2.75) is 6.04 Å². The van der Waals surface area contributed by atoms with Crippen LogP contribution < -0.4 is 11.1 Å². The summed E-state index contributed by atoms with van der Waals surface area (Å²) in [7, 11) is 2.10. The molecular weight excluding hydrogens is 164 g/mol. The predicted octanol–water partition coefficient (Wildman–Crippen LogP) is 0.390. The number of hydrogen-bond donors (Lipinski definition) is 2. The number of nitrogen functional groups attached to an aromatic ring is 1. The molecule has 1 aromatic heterocycles. The molecule has 0 aliphatic carbocycles. The fraction of sp³-hybridized carbons (Fsp3) is 0.444. The molecule has 0 spiro atoms. The second-order valence-electron chi connectivity index (χ2n) is 3.51. The Bertz CT molecular complexity index is 293. The summed E-state index contributed by atoms with van der Waals surface area (Å²) in [6.07, 6.45) is 0. The summed E-state index contributed by atoms with van der Waals surface area (Å²) in [5.74, 6) is 1.44. The number of hydrogen-bond acceptors (Lipinski definition) is 4. The van der Waals surface area contributed by atoms with Crippen LogP contribution in [0.2, 0.25) is 0 Å². The Labute approximate surface area is 77.8 Å². The SMILES string of the molecule is CN1CC(Nc2cccc(N)n2)C1. The summed E-state index contributed by atoms with van der Waals surface area (Å²) in [5, 5.41) is 3.32. The molecular formula is C9H14N4. The van der Waals surface area contributed by atoms with Gasteiger partial charge in [0.15, 0.2) is 0 Å². The zero-order valence-corrected chi connectivity index (χ0v) is 7.70. The van der Waals surface area contributed by atoms with Crippen LogP contribution in [0.4, 0.5) is 11.6 Å². The lowest BCUT2D eigenvalue weighted by atomic mass is 10.1. The third-order valence-electron chi connectivity index (χ3n) is 2.19. The first-order valence-corrected chi connectivity index (χ1v) is 4.41. The average Bonchev–Trinajstić information content (AvgIpc) is 2.01. The highest BCUT2D eigenvalue weighted by molar-refractivity contribution is 5.43. The van der Waals surface area contributed by atoms with Crippen LogP contribution in [0.5, 0.6) is 0 Å². The monoisotopic (exact) mass is 178 g/mol. The Hall–Kier alpha value is -1.29. The van der Waals surface area contributed by atoms with Gasteiger partial charge in [0.2, 0.25) is 0 Å². The van der Waals surface area contributed by atoms with Crippen LogP contribution >= 0.6 is 0 Å². The molecule has 70 valence electrons. The van der Waals surface area contributed by atoms with E-state index in [9.17, 15) is 0 Å². The molecule has 0 atom stereocenters. The molecule has 4 heteroatoms. The Morgan fingerprint density at radius 2 is 2.31 bits per heavy atom. The van der Waals surface area contributed by atoms with Crippen molar-refractivity contribution in [3.8, 4) is 0 Å². The van der Waals surface area contributed by atoms with Gasteiger partial charge in [0.05, 0.1) is 6.04 Å². The molecule has 13 heavy (non-hydrogen) atoms. The number of nitrogens with zero attached hydrogens (tertiary/aromatic N) is 2. The van der Waals surface area contributed by atoms with E-state index >= 15 is 0 Å². The third kappa shape index (κ3) is 1.89. The fourth-order valence-electron chi connectivity index (χ4n) is 1.53. The number of nitrogens with two attached hydrogens (primary N) is 1. The van der Waals surface area contributed by atoms with Gasteiger partial charge in [-0.25, -0.2) is 4.98 Å². The van der Waals surface area contributed by atoms with Crippen LogP contribution in [-0.4, -0.2) is 36.1 Å². The smallest absolute Gasteiger partial charge is 0.128 e. The molecule has 2 rings (SSSR count). The minimum absolute atomic E-state index is 0.527. The number of nitrogens with one attached hydrogen (secondary N) is 1. The minimum atomic E-state index is 0.527. The predicted molar refractivity (Wildman–Crippen MR) is 53.6 cm³/mol. The molecule has 1 aliphatic heterocycles. The first kappa shape index (κ1) is 8.31. The first-order chi connectivity index (χ1) is 6.24. The van der Waals surface area contributed by atoms with Gasteiger partial charge >= 0.3 is 0 Å². The number of anilines is 2. The normalized spacial score (nSPS) is 18.2. The number of pyridine rings is 1. The van der Waals surface area contributed by atoms with Crippen molar-refractivity contribution in [1.82, 2.24) is 9.88 Å². The van der Waals surface area contributed by atoms with Crippen LogP contribution in [0.3, 0.4) is 0 Å². The van der Waals surface area contributed by atoms with Gasteiger partial charge in [-0.3, -0.25) is 0 Å². The highest BCUT2D eigenvalue weighted by Gasteiger charge is 2.22. The van der Waals surface area contributed by atoms with Crippen LogP contribution in [0.1, 0.15) is 0 Å². The lowest BCUT2D eigenvalue weighted by Crippen LogP contribution is -2.52. The van der Waals surface area contributed by atoms with Gasteiger partial charge in [0, 0.05) is 13.1 Å². The molecule has 2 heterocycles. The van der Waals surface area contributed by atoms with E-state index < -0.39 is 0 Å². The van der Waals surface area contributed by atoms with E-state index in [4.69, 9.17) is 5.73 Å². The van der Waals surface area contributed by atoms with E-state index in [1.54, 1.807) is 6.07 Å².